The summed E-state index contributed by atoms with van der Waals surface area (Å²) in [5.41, 5.74) is 6.31. The van der Waals surface area contributed by atoms with Gasteiger partial charge in [-0.05, 0) is 24.8 Å². The fourth-order valence-corrected chi connectivity index (χ4v) is 1.46. The summed E-state index contributed by atoms with van der Waals surface area (Å²) in [6, 6.07) is 0. The monoisotopic (exact) mass is 208 g/mol. The number of hydrogen-bond donors (Lipinski definition) is 2. The van der Waals surface area contributed by atoms with Crippen LogP contribution in [0.2, 0.25) is 0 Å². The van der Waals surface area contributed by atoms with Gasteiger partial charge in [-0.2, -0.15) is 5.10 Å². The average molecular weight is 208 g/mol. The highest BCUT2D eigenvalue weighted by Crippen LogP contribution is 2.31. The summed E-state index contributed by atoms with van der Waals surface area (Å²) in [5.74, 6) is -0.0219. The molecule has 1 fully saturated rings. The summed E-state index contributed by atoms with van der Waals surface area (Å²) in [6.45, 7) is 0.628. The minimum atomic E-state index is -0.561. The van der Waals surface area contributed by atoms with Crippen LogP contribution in [-0.2, 0) is 18.3 Å². The highest BCUT2D eigenvalue weighted by molar-refractivity contribution is 5.88. The van der Waals surface area contributed by atoms with Gasteiger partial charge in [-0.1, -0.05) is 0 Å². The van der Waals surface area contributed by atoms with Crippen LogP contribution in [0.15, 0.2) is 12.4 Å². The van der Waals surface area contributed by atoms with Crippen LogP contribution in [0.5, 0.6) is 0 Å². The number of aryl methyl sites for hydroxylation is 1. The van der Waals surface area contributed by atoms with E-state index < -0.39 is 5.54 Å². The van der Waals surface area contributed by atoms with E-state index in [-0.39, 0.29) is 5.91 Å². The van der Waals surface area contributed by atoms with Gasteiger partial charge in [0.25, 0.3) is 0 Å². The number of amides is 1. The van der Waals surface area contributed by atoms with E-state index >= 15 is 0 Å². The van der Waals surface area contributed by atoms with E-state index in [4.69, 9.17) is 5.73 Å². The number of aromatic nitrogens is 2. The first-order valence-electron chi connectivity index (χ1n) is 5.15. The predicted octanol–water partition coefficient (Wildman–Crippen LogP) is -0.430. The Morgan fingerprint density at radius 1 is 1.73 bits per heavy atom. The molecule has 0 unspecified atom stereocenters. The van der Waals surface area contributed by atoms with Crippen LogP contribution in [0, 0.1) is 0 Å². The molecule has 0 aliphatic heterocycles. The van der Waals surface area contributed by atoms with Crippen molar-refractivity contribution in [2.24, 2.45) is 12.8 Å². The van der Waals surface area contributed by atoms with Gasteiger partial charge in [0.15, 0.2) is 0 Å². The molecule has 15 heavy (non-hydrogen) atoms. The van der Waals surface area contributed by atoms with Gasteiger partial charge in [-0.25, -0.2) is 0 Å². The number of carbonyl (C=O) groups is 1. The number of carbonyl (C=O) groups excluding carboxylic acids is 1. The first-order valence-corrected chi connectivity index (χ1v) is 5.15. The highest BCUT2D eigenvalue weighted by atomic mass is 16.2. The summed E-state index contributed by atoms with van der Waals surface area (Å²) in [7, 11) is 1.88. The van der Waals surface area contributed by atoms with Gasteiger partial charge in [0, 0.05) is 19.8 Å². The molecular formula is C10H16N4O. The van der Waals surface area contributed by atoms with Gasteiger partial charge < -0.3 is 11.1 Å². The van der Waals surface area contributed by atoms with E-state index in [9.17, 15) is 4.79 Å². The Balaban J connectivity index is 1.73. The maximum atomic E-state index is 11.5. The van der Waals surface area contributed by atoms with Crippen molar-refractivity contribution in [1.29, 1.82) is 0 Å². The quantitative estimate of drug-likeness (QED) is 0.705. The Morgan fingerprint density at radius 2 is 2.47 bits per heavy atom. The maximum Gasteiger partial charge on any atom is 0.240 e. The molecule has 1 heterocycles. The topological polar surface area (TPSA) is 72.9 Å². The number of nitrogens with two attached hydrogens (primary N) is 1. The molecule has 0 aromatic carbocycles. The minimum absolute atomic E-state index is 0.0219. The molecule has 5 nitrogen and oxygen atoms in total. The fourth-order valence-electron chi connectivity index (χ4n) is 1.46. The fraction of sp³-hybridized carbons (Fsp3) is 0.600. The third kappa shape index (κ3) is 2.36. The van der Waals surface area contributed by atoms with Crippen LogP contribution < -0.4 is 11.1 Å². The van der Waals surface area contributed by atoms with Gasteiger partial charge in [-0.15, -0.1) is 0 Å². The second-order valence-electron chi connectivity index (χ2n) is 4.18. The van der Waals surface area contributed by atoms with E-state index in [1.807, 2.05) is 19.4 Å². The molecule has 1 aromatic heterocycles. The Morgan fingerprint density at radius 3 is 3.00 bits per heavy atom. The Bertz CT molecular complexity index is 367. The predicted molar refractivity (Wildman–Crippen MR) is 56.1 cm³/mol. The molecule has 0 radical (unpaired) electrons. The van der Waals surface area contributed by atoms with Crippen LogP contribution in [0.1, 0.15) is 18.4 Å². The first-order chi connectivity index (χ1) is 7.10. The van der Waals surface area contributed by atoms with Gasteiger partial charge in [0.05, 0.1) is 11.7 Å². The van der Waals surface area contributed by atoms with Crippen LogP contribution in [-0.4, -0.2) is 27.8 Å². The summed E-state index contributed by atoms with van der Waals surface area (Å²) in [5, 5.41) is 6.90. The molecule has 1 aliphatic rings. The molecule has 2 rings (SSSR count). The largest absolute Gasteiger partial charge is 0.354 e. The Labute approximate surface area is 88.6 Å². The van der Waals surface area contributed by atoms with Crippen molar-refractivity contribution in [2.75, 3.05) is 6.54 Å². The molecule has 1 aliphatic carbocycles. The Hall–Kier alpha value is -1.36. The zero-order valence-corrected chi connectivity index (χ0v) is 8.86. The molecule has 82 valence electrons. The molecule has 1 saturated carbocycles. The third-order valence-electron chi connectivity index (χ3n) is 2.70. The number of nitrogens with zero attached hydrogens (tertiary/aromatic N) is 2. The van der Waals surface area contributed by atoms with Crippen LogP contribution in [0.4, 0.5) is 0 Å². The van der Waals surface area contributed by atoms with Gasteiger partial charge in [-0.3, -0.25) is 9.48 Å². The lowest BCUT2D eigenvalue weighted by atomic mass is 10.2. The van der Waals surface area contributed by atoms with Crippen LogP contribution in [0.25, 0.3) is 0 Å². The molecule has 1 amide bonds. The average Bonchev–Trinajstić information content (AvgIpc) is 2.81. The summed E-state index contributed by atoms with van der Waals surface area (Å²) in [6.07, 6.45) is 6.18. The summed E-state index contributed by atoms with van der Waals surface area (Å²) in [4.78, 5) is 11.5. The highest BCUT2D eigenvalue weighted by Gasteiger charge is 2.45. The van der Waals surface area contributed by atoms with Gasteiger partial charge in [0.2, 0.25) is 5.91 Å². The maximum absolute atomic E-state index is 11.5. The number of rotatable bonds is 4. The third-order valence-corrected chi connectivity index (χ3v) is 2.70. The van der Waals surface area contributed by atoms with Gasteiger partial charge in [0.1, 0.15) is 0 Å². The molecule has 3 N–H and O–H groups in total. The van der Waals surface area contributed by atoms with Crippen molar-refractivity contribution < 1.29 is 4.79 Å². The zero-order valence-electron chi connectivity index (χ0n) is 8.86. The van der Waals surface area contributed by atoms with Crippen molar-refractivity contribution in [3.63, 3.8) is 0 Å². The molecule has 1 aromatic rings. The van der Waals surface area contributed by atoms with Crippen LogP contribution >= 0.6 is 0 Å². The molecule has 0 bridgehead atoms. The van der Waals surface area contributed by atoms with Crippen molar-refractivity contribution in [1.82, 2.24) is 15.1 Å². The van der Waals surface area contributed by atoms with Crippen LogP contribution in [0.3, 0.4) is 0 Å². The van der Waals surface area contributed by atoms with Crippen molar-refractivity contribution in [3.8, 4) is 0 Å². The summed E-state index contributed by atoms with van der Waals surface area (Å²) >= 11 is 0. The molecule has 0 saturated heterocycles. The first kappa shape index (κ1) is 10.2. The van der Waals surface area contributed by atoms with E-state index in [0.29, 0.717) is 6.54 Å². The lowest BCUT2D eigenvalue weighted by molar-refractivity contribution is -0.123. The lowest BCUT2D eigenvalue weighted by Crippen LogP contribution is -2.43. The van der Waals surface area contributed by atoms with Crippen molar-refractivity contribution in [3.05, 3.63) is 18.0 Å². The molecule has 5 heteroatoms. The van der Waals surface area contributed by atoms with Crippen molar-refractivity contribution >= 4 is 5.91 Å². The molecule has 0 spiro atoms. The normalized spacial score (nSPS) is 17.5. The Kier molecular flexibility index (Phi) is 2.48. The molecule has 0 atom stereocenters. The number of nitrogens with one attached hydrogen (secondary N) is 1. The smallest absolute Gasteiger partial charge is 0.240 e. The minimum Gasteiger partial charge on any atom is -0.354 e. The number of hydrogen-bond acceptors (Lipinski definition) is 3. The summed E-state index contributed by atoms with van der Waals surface area (Å²) < 4.78 is 1.75. The second-order valence-corrected chi connectivity index (χ2v) is 4.18. The standard InChI is InChI=1S/C10H16N4O/c1-14-7-8(6-13-14)2-5-12-9(15)10(11)3-4-10/h6-7H,2-5,11H2,1H3,(H,12,15). The molecular weight excluding hydrogens is 192 g/mol. The SMILES string of the molecule is Cn1cc(CCNC(=O)C2(N)CC2)cn1. The lowest BCUT2D eigenvalue weighted by Gasteiger charge is -2.08. The van der Waals surface area contributed by atoms with E-state index in [1.54, 1.807) is 4.68 Å². The second kappa shape index (κ2) is 3.66. The van der Waals surface area contributed by atoms with E-state index in [1.165, 1.54) is 0 Å². The van der Waals surface area contributed by atoms with Gasteiger partial charge >= 0.3 is 0 Å². The van der Waals surface area contributed by atoms with E-state index in [2.05, 4.69) is 10.4 Å². The van der Waals surface area contributed by atoms with Crippen molar-refractivity contribution in [2.45, 2.75) is 24.8 Å². The zero-order chi connectivity index (χ0) is 10.9. The van der Waals surface area contributed by atoms with E-state index in [0.717, 1.165) is 24.8 Å².